The van der Waals surface area contributed by atoms with Crippen LogP contribution in [-0.4, -0.2) is 48.0 Å². The number of anilines is 1. The van der Waals surface area contributed by atoms with E-state index in [-0.39, 0.29) is 5.78 Å². The molecule has 1 aliphatic heterocycles. The second kappa shape index (κ2) is 7.46. The first-order valence-corrected chi connectivity index (χ1v) is 9.62. The smallest absolute Gasteiger partial charge is 0.193 e. The molecule has 1 saturated carbocycles. The minimum Gasteiger partial charge on any atom is -0.368 e. The van der Waals surface area contributed by atoms with Gasteiger partial charge in [-0.2, -0.15) is 0 Å². The summed E-state index contributed by atoms with van der Waals surface area (Å²) in [5.41, 5.74) is 2.62. The number of piperazine rings is 1. The van der Waals surface area contributed by atoms with Crippen LogP contribution in [0.4, 0.5) is 5.69 Å². The fourth-order valence-electron chi connectivity index (χ4n) is 3.24. The van der Waals surface area contributed by atoms with E-state index >= 15 is 0 Å². The van der Waals surface area contributed by atoms with Gasteiger partial charge in [0, 0.05) is 49.0 Å². The minimum absolute atomic E-state index is 0.0680. The molecule has 4 rings (SSSR count). The molecule has 1 heterocycles. The molecule has 0 amide bonds. The number of hydrogen-bond acceptors (Lipinski definition) is 3. The molecular formula is C21H23N3OS. The van der Waals surface area contributed by atoms with Gasteiger partial charge in [-0.25, -0.2) is 0 Å². The molecule has 2 fully saturated rings. The van der Waals surface area contributed by atoms with Crippen LogP contribution < -0.4 is 10.2 Å². The molecule has 0 bridgehead atoms. The minimum atomic E-state index is 0.0680. The Kier molecular flexibility index (Phi) is 4.89. The normalized spacial score (nSPS) is 17.1. The van der Waals surface area contributed by atoms with Gasteiger partial charge in [0.2, 0.25) is 0 Å². The lowest BCUT2D eigenvalue weighted by Crippen LogP contribution is -2.52. The van der Waals surface area contributed by atoms with Crippen LogP contribution in [0, 0.1) is 0 Å². The number of nitrogens with zero attached hydrogens (tertiary/aromatic N) is 2. The predicted molar refractivity (Wildman–Crippen MR) is 109 cm³/mol. The van der Waals surface area contributed by atoms with Crippen molar-refractivity contribution < 1.29 is 4.79 Å². The highest BCUT2D eigenvalue weighted by Gasteiger charge is 2.25. The third-order valence-corrected chi connectivity index (χ3v) is 5.38. The molecule has 0 unspecified atom stereocenters. The number of hydrogen-bond donors (Lipinski definition) is 1. The van der Waals surface area contributed by atoms with E-state index in [1.807, 2.05) is 54.6 Å². The Labute approximate surface area is 159 Å². The third-order valence-electron chi connectivity index (χ3n) is 5.00. The quantitative estimate of drug-likeness (QED) is 0.666. The van der Waals surface area contributed by atoms with Crippen molar-refractivity contribution in [1.29, 1.82) is 0 Å². The highest BCUT2D eigenvalue weighted by molar-refractivity contribution is 7.80. The molecule has 134 valence electrons. The van der Waals surface area contributed by atoms with Gasteiger partial charge in [0.05, 0.1) is 0 Å². The summed E-state index contributed by atoms with van der Waals surface area (Å²) in [7, 11) is 0. The number of carbonyl (C=O) groups is 1. The summed E-state index contributed by atoms with van der Waals surface area (Å²) in [4.78, 5) is 17.1. The lowest BCUT2D eigenvalue weighted by Gasteiger charge is -2.37. The number of rotatable bonds is 4. The maximum atomic E-state index is 12.5. The second-order valence-corrected chi connectivity index (χ2v) is 7.33. The summed E-state index contributed by atoms with van der Waals surface area (Å²) in [5.74, 6) is 0.0680. The van der Waals surface area contributed by atoms with Crippen LogP contribution in [0.25, 0.3) is 0 Å². The molecule has 2 aromatic rings. The molecule has 0 atom stereocenters. The largest absolute Gasteiger partial charge is 0.368 e. The lowest BCUT2D eigenvalue weighted by molar-refractivity contribution is 0.103. The van der Waals surface area contributed by atoms with E-state index in [9.17, 15) is 4.79 Å². The van der Waals surface area contributed by atoms with Crippen LogP contribution in [0.1, 0.15) is 28.8 Å². The van der Waals surface area contributed by atoms with Crippen LogP contribution in [0.15, 0.2) is 54.6 Å². The molecule has 5 heteroatoms. The first-order valence-electron chi connectivity index (χ1n) is 9.21. The molecule has 26 heavy (non-hydrogen) atoms. The van der Waals surface area contributed by atoms with Gasteiger partial charge in [-0.3, -0.25) is 4.79 Å². The van der Waals surface area contributed by atoms with E-state index in [1.165, 1.54) is 12.8 Å². The zero-order chi connectivity index (χ0) is 17.9. The lowest BCUT2D eigenvalue weighted by atomic mass is 10.0. The van der Waals surface area contributed by atoms with Gasteiger partial charge in [-0.1, -0.05) is 30.3 Å². The Morgan fingerprint density at radius 1 is 0.885 bits per heavy atom. The van der Waals surface area contributed by atoms with Crippen molar-refractivity contribution >= 4 is 28.8 Å². The fourth-order valence-corrected chi connectivity index (χ4v) is 3.59. The molecule has 1 N–H and O–H groups in total. The summed E-state index contributed by atoms with van der Waals surface area (Å²) in [6.07, 6.45) is 2.49. The Hall–Kier alpha value is -2.40. The van der Waals surface area contributed by atoms with Crippen LogP contribution in [0.5, 0.6) is 0 Å². The van der Waals surface area contributed by atoms with Gasteiger partial charge in [0.15, 0.2) is 10.9 Å². The van der Waals surface area contributed by atoms with Crippen molar-refractivity contribution in [3.63, 3.8) is 0 Å². The van der Waals surface area contributed by atoms with Crippen LogP contribution >= 0.6 is 12.2 Å². The van der Waals surface area contributed by atoms with Crippen molar-refractivity contribution in [2.45, 2.75) is 18.9 Å². The van der Waals surface area contributed by atoms with Crippen molar-refractivity contribution in [2.75, 3.05) is 31.1 Å². The number of carbonyl (C=O) groups excluding carboxylic acids is 1. The van der Waals surface area contributed by atoms with Gasteiger partial charge in [-0.15, -0.1) is 0 Å². The zero-order valence-electron chi connectivity index (χ0n) is 14.7. The molecule has 0 radical (unpaired) electrons. The first kappa shape index (κ1) is 17.0. The molecule has 1 aliphatic carbocycles. The number of ketones is 1. The third kappa shape index (κ3) is 3.88. The Morgan fingerprint density at radius 3 is 2.12 bits per heavy atom. The molecule has 0 spiro atoms. The van der Waals surface area contributed by atoms with E-state index < -0.39 is 0 Å². The van der Waals surface area contributed by atoms with E-state index in [0.29, 0.717) is 6.04 Å². The number of nitrogens with one attached hydrogen (secondary N) is 1. The van der Waals surface area contributed by atoms with Gasteiger partial charge < -0.3 is 15.1 Å². The first-order chi connectivity index (χ1) is 12.7. The average molecular weight is 366 g/mol. The van der Waals surface area contributed by atoms with E-state index in [1.54, 1.807) is 0 Å². The van der Waals surface area contributed by atoms with Crippen molar-refractivity contribution in [2.24, 2.45) is 0 Å². The summed E-state index contributed by atoms with van der Waals surface area (Å²) in [6, 6.07) is 18.0. The summed E-state index contributed by atoms with van der Waals surface area (Å²) < 4.78 is 0. The standard InChI is InChI=1S/C21H23N3OS/c25-20(16-4-2-1-3-5-16)17-6-10-19(11-7-17)23-12-14-24(15-13-23)21(26)22-18-8-9-18/h1-7,10-11,18H,8-9,12-15H2,(H,22,26). The summed E-state index contributed by atoms with van der Waals surface area (Å²) >= 11 is 5.50. The predicted octanol–water partition coefficient (Wildman–Crippen LogP) is 3.08. The van der Waals surface area contributed by atoms with Crippen molar-refractivity contribution in [3.8, 4) is 0 Å². The highest BCUT2D eigenvalue weighted by Crippen LogP contribution is 2.21. The van der Waals surface area contributed by atoms with Gasteiger partial charge >= 0.3 is 0 Å². The molecule has 2 aromatic carbocycles. The Morgan fingerprint density at radius 2 is 1.50 bits per heavy atom. The molecule has 4 nitrogen and oxygen atoms in total. The zero-order valence-corrected chi connectivity index (χ0v) is 15.5. The molecule has 2 aliphatic rings. The molecular weight excluding hydrogens is 342 g/mol. The van der Waals surface area contributed by atoms with Gasteiger partial charge in [-0.05, 0) is 49.3 Å². The fraction of sp³-hybridized carbons (Fsp3) is 0.333. The Balaban J connectivity index is 1.35. The van der Waals surface area contributed by atoms with Crippen molar-refractivity contribution in [3.05, 3.63) is 65.7 Å². The van der Waals surface area contributed by atoms with Crippen molar-refractivity contribution in [1.82, 2.24) is 10.2 Å². The monoisotopic (exact) mass is 365 g/mol. The van der Waals surface area contributed by atoms with Gasteiger partial charge in [0.25, 0.3) is 0 Å². The van der Waals surface area contributed by atoms with Gasteiger partial charge in [0.1, 0.15) is 0 Å². The van der Waals surface area contributed by atoms with Crippen LogP contribution in [-0.2, 0) is 0 Å². The average Bonchev–Trinajstić information content (AvgIpc) is 3.52. The SMILES string of the molecule is O=C(c1ccccc1)c1ccc(N2CCN(C(=S)NC3CC3)CC2)cc1. The topological polar surface area (TPSA) is 35.6 Å². The maximum absolute atomic E-state index is 12.5. The Bertz CT molecular complexity index is 779. The van der Waals surface area contributed by atoms with E-state index in [2.05, 4.69) is 15.1 Å². The maximum Gasteiger partial charge on any atom is 0.193 e. The van der Waals surface area contributed by atoms with Crippen LogP contribution in [0.3, 0.4) is 0 Å². The highest BCUT2D eigenvalue weighted by atomic mass is 32.1. The van der Waals surface area contributed by atoms with E-state index in [4.69, 9.17) is 12.2 Å². The van der Waals surface area contributed by atoms with Crippen LogP contribution in [0.2, 0.25) is 0 Å². The molecule has 1 saturated heterocycles. The van der Waals surface area contributed by atoms with E-state index in [0.717, 1.165) is 48.1 Å². The number of benzene rings is 2. The molecule has 0 aromatic heterocycles. The number of thiocarbonyl (C=S) groups is 1. The summed E-state index contributed by atoms with van der Waals surface area (Å²) in [5, 5.41) is 4.31. The second-order valence-electron chi connectivity index (χ2n) is 6.94. The summed E-state index contributed by atoms with van der Waals surface area (Å²) in [6.45, 7) is 3.75.